The zero-order valence-corrected chi connectivity index (χ0v) is 22.4. The summed E-state index contributed by atoms with van der Waals surface area (Å²) in [5.41, 5.74) is 1.22. The number of unbranched alkanes of at least 4 members (excludes halogenated alkanes) is 1. The lowest BCUT2D eigenvalue weighted by atomic mass is 9.78. The Morgan fingerprint density at radius 1 is 0.842 bits per heavy atom. The Morgan fingerprint density at radius 2 is 1.53 bits per heavy atom. The van der Waals surface area contributed by atoms with Gasteiger partial charge in [-0.05, 0) is 106 Å². The predicted octanol–water partition coefficient (Wildman–Crippen LogP) is 8.22. The summed E-state index contributed by atoms with van der Waals surface area (Å²) in [4.78, 5) is 12.8. The van der Waals surface area contributed by atoms with Gasteiger partial charge in [0.2, 0.25) is 5.82 Å². The van der Waals surface area contributed by atoms with Crippen LogP contribution < -0.4 is 9.47 Å². The SMILES string of the molecule is CCCCOC1CCC(c2ccc(OC(=O)C3CCC(c4ccc(OCC)c(F)c4)CC3)c(F)c2F)CC1. The first-order valence-electron chi connectivity index (χ1n) is 14.1. The third-order valence-electron chi connectivity index (χ3n) is 8.04. The van der Waals surface area contributed by atoms with Gasteiger partial charge in [-0.2, -0.15) is 4.39 Å². The lowest BCUT2D eigenvalue weighted by Crippen LogP contribution is -2.26. The molecule has 0 aromatic heterocycles. The molecule has 2 aliphatic carbocycles. The van der Waals surface area contributed by atoms with Crippen molar-refractivity contribution in [2.75, 3.05) is 13.2 Å². The Labute approximate surface area is 223 Å². The summed E-state index contributed by atoms with van der Waals surface area (Å²) >= 11 is 0. The van der Waals surface area contributed by atoms with Crippen LogP contribution in [0.1, 0.15) is 101 Å². The first-order chi connectivity index (χ1) is 18.4. The molecule has 208 valence electrons. The van der Waals surface area contributed by atoms with Crippen molar-refractivity contribution in [1.82, 2.24) is 0 Å². The minimum absolute atomic E-state index is 0.0667. The Hall–Kier alpha value is -2.54. The number of benzene rings is 2. The van der Waals surface area contributed by atoms with Crippen LogP contribution in [0.4, 0.5) is 13.2 Å². The fourth-order valence-electron chi connectivity index (χ4n) is 5.77. The second-order valence-corrected chi connectivity index (χ2v) is 10.6. The number of carbonyl (C=O) groups is 1. The van der Waals surface area contributed by atoms with E-state index in [4.69, 9.17) is 14.2 Å². The lowest BCUT2D eigenvalue weighted by molar-refractivity contribution is -0.140. The lowest BCUT2D eigenvalue weighted by Gasteiger charge is -2.29. The number of rotatable bonds is 10. The summed E-state index contributed by atoms with van der Waals surface area (Å²) in [5.74, 6) is -3.42. The van der Waals surface area contributed by atoms with E-state index in [0.29, 0.717) is 37.9 Å². The van der Waals surface area contributed by atoms with Gasteiger partial charge < -0.3 is 14.2 Å². The molecular formula is C31H39F3O4. The van der Waals surface area contributed by atoms with E-state index in [2.05, 4.69) is 6.92 Å². The van der Waals surface area contributed by atoms with Gasteiger partial charge in [0.25, 0.3) is 0 Å². The largest absolute Gasteiger partial charge is 0.491 e. The molecule has 0 radical (unpaired) electrons. The van der Waals surface area contributed by atoms with Crippen LogP contribution in [0.5, 0.6) is 11.5 Å². The van der Waals surface area contributed by atoms with Crippen molar-refractivity contribution in [2.24, 2.45) is 5.92 Å². The average Bonchev–Trinajstić information content (AvgIpc) is 2.93. The molecule has 38 heavy (non-hydrogen) atoms. The highest BCUT2D eigenvalue weighted by Gasteiger charge is 2.31. The Bertz CT molecular complexity index is 1070. The van der Waals surface area contributed by atoms with E-state index in [1.807, 2.05) is 6.07 Å². The van der Waals surface area contributed by atoms with Crippen LogP contribution in [0.25, 0.3) is 0 Å². The van der Waals surface area contributed by atoms with Crippen LogP contribution in [0, 0.1) is 23.4 Å². The summed E-state index contributed by atoms with van der Waals surface area (Å²) in [6.45, 7) is 5.07. The average molecular weight is 533 g/mol. The van der Waals surface area contributed by atoms with Crippen LogP contribution in [-0.4, -0.2) is 25.3 Å². The fourth-order valence-corrected chi connectivity index (χ4v) is 5.77. The highest BCUT2D eigenvalue weighted by molar-refractivity contribution is 5.75. The van der Waals surface area contributed by atoms with Crippen molar-refractivity contribution in [3.8, 4) is 11.5 Å². The van der Waals surface area contributed by atoms with Gasteiger partial charge in [0, 0.05) is 6.61 Å². The third-order valence-corrected chi connectivity index (χ3v) is 8.04. The van der Waals surface area contributed by atoms with Crippen molar-refractivity contribution >= 4 is 5.97 Å². The van der Waals surface area contributed by atoms with E-state index in [1.165, 1.54) is 12.1 Å². The van der Waals surface area contributed by atoms with Crippen LogP contribution in [0.3, 0.4) is 0 Å². The number of carbonyl (C=O) groups excluding carboxylic acids is 1. The molecule has 0 amide bonds. The first kappa shape index (κ1) is 28.5. The molecule has 7 heteroatoms. The van der Waals surface area contributed by atoms with Gasteiger partial charge in [-0.25, -0.2) is 8.78 Å². The molecular weight excluding hydrogens is 493 g/mol. The first-order valence-corrected chi connectivity index (χ1v) is 14.1. The van der Waals surface area contributed by atoms with Crippen molar-refractivity contribution in [3.05, 3.63) is 58.9 Å². The molecule has 2 aromatic carbocycles. The molecule has 2 fully saturated rings. The molecule has 0 heterocycles. The molecule has 0 saturated heterocycles. The highest BCUT2D eigenvalue weighted by atomic mass is 19.2. The topological polar surface area (TPSA) is 44.8 Å². The second-order valence-electron chi connectivity index (χ2n) is 10.6. The molecule has 0 N–H and O–H groups in total. The van der Waals surface area contributed by atoms with Crippen molar-refractivity contribution in [2.45, 2.75) is 96.0 Å². The smallest absolute Gasteiger partial charge is 0.314 e. The van der Waals surface area contributed by atoms with Gasteiger partial charge in [-0.15, -0.1) is 0 Å². The van der Waals surface area contributed by atoms with E-state index in [0.717, 1.165) is 50.7 Å². The molecule has 2 saturated carbocycles. The van der Waals surface area contributed by atoms with Crippen molar-refractivity contribution < 1.29 is 32.2 Å². The summed E-state index contributed by atoms with van der Waals surface area (Å²) in [6, 6.07) is 7.94. The monoisotopic (exact) mass is 532 g/mol. The number of ether oxygens (including phenoxy) is 3. The maximum absolute atomic E-state index is 15.0. The number of hydrogen-bond donors (Lipinski definition) is 0. The minimum atomic E-state index is -1.10. The molecule has 0 aliphatic heterocycles. The molecule has 2 aliphatic rings. The van der Waals surface area contributed by atoms with Gasteiger partial charge in [0.15, 0.2) is 23.1 Å². The number of halogens is 3. The normalized spacial score (nSPS) is 23.7. The number of hydrogen-bond acceptors (Lipinski definition) is 4. The fraction of sp³-hybridized carbons (Fsp3) is 0.581. The molecule has 0 unspecified atom stereocenters. The van der Waals surface area contributed by atoms with Crippen molar-refractivity contribution in [3.63, 3.8) is 0 Å². The van der Waals surface area contributed by atoms with Gasteiger partial charge >= 0.3 is 5.97 Å². The summed E-state index contributed by atoms with van der Waals surface area (Å²) < 4.78 is 60.7. The van der Waals surface area contributed by atoms with Gasteiger partial charge in [0.1, 0.15) is 0 Å². The zero-order chi connectivity index (χ0) is 27.1. The zero-order valence-electron chi connectivity index (χ0n) is 22.4. The Morgan fingerprint density at radius 3 is 2.18 bits per heavy atom. The van der Waals surface area contributed by atoms with Crippen LogP contribution >= 0.6 is 0 Å². The van der Waals surface area contributed by atoms with Gasteiger partial charge in [0.05, 0.1) is 18.6 Å². The van der Waals surface area contributed by atoms with E-state index in [1.54, 1.807) is 19.1 Å². The maximum atomic E-state index is 15.0. The third kappa shape index (κ3) is 6.90. The second kappa shape index (κ2) is 13.5. The summed E-state index contributed by atoms with van der Waals surface area (Å²) in [5, 5.41) is 0. The van der Waals surface area contributed by atoms with Gasteiger partial charge in [-0.3, -0.25) is 4.79 Å². The van der Waals surface area contributed by atoms with Crippen LogP contribution in [0.2, 0.25) is 0 Å². The van der Waals surface area contributed by atoms with E-state index in [-0.39, 0.29) is 35.3 Å². The van der Waals surface area contributed by atoms with Crippen LogP contribution in [0.15, 0.2) is 30.3 Å². The minimum Gasteiger partial charge on any atom is -0.491 e. The Kier molecular flexibility index (Phi) is 10.1. The van der Waals surface area contributed by atoms with Crippen molar-refractivity contribution in [1.29, 1.82) is 0 Å². The Balaban J connectivity index is 1.30. The molecule has 2 aromatic rings. The highest BCUT2D eigenvalue weighted by Crippen LogP contribution is 2.40. The summed E-state index contributed by atoms with van der Waals surface area (Å²) in [6.07, 6.45) is 7.93. The standard InChI is InChI=1S/C31H39F3O4/c1-3-5-18-37-24-13-10-21(11-14-24)25-15-17-28(30(34)29(25)33)38-31(35)22-8-6-20(7-9-22)23-12-16-27(36-4-2)26(32)19-23/h12,15-17,19-22,24H,3-11,13-14,18H2,1-2H3. The predicted molar refractivity (Wildman–Crippen MR) is 140 cm³/mol. The molecule has 4 nitrogen and oxygen atoms in total. The quantitative estimate of drug-likeness (QED) is 0.176. The molecule has 0 spiro atoms. The molecule has 0 bridgehead atoms. The molecule has 0 atom stereocenters. The summed E-state index contributed by atoms with van der Waals surface area (Å²) in [7, 11) is 0. The van der Waals surface area contributed by atoms with Crippen LogP contribution in [-0.2, 0) is 9.53 Å². The number of esters is 1. The van der Waals surface area contributed by atoms with E-state index >= 15 is 0 Å². The van der Waals surface area contributed by atoms with Gasteiger partial charge in [-0.1, -0.05) is 25.5 Å². The van der Waals surface area contributed by atoms with E-state index in [9.17, 15) is 18.0 Å². The van der Waals surface area contributed by atoms with E-state index < -0.39 is 23.5 Å². The maximum Gasteiger partial charge on any atom is 0.314 e. The molecule has 4 rings (SSSR count).